The lowest BCUT2D eigenvalue weighted by molar-refractivity contribution is -0.145. The van der Waals surface area contributed by atoms with E-state index in [0.29, 0.717) is 0 Å². The first-order chi connectivity index (χ1) is 9.54. The van der Waals surface area contributed by atoms with Crippen LogP contribution in [0.3, 0.4) is 0 Å². The summed E-state index contributed by atoms with van der Waals surface area (Å²) in [6.07, 6.45) is 0. The highest BCUT2D eigenvalue weighted by Crippen LogP contribution is 2.14. The summed E-state index contributed by atoms with van der Waals surface area (Å²) in [6, 6.07) is 9.62. The van der Waals surface area contributed by atoms with Gasteiger partial charge in [0.05, 0.1) is 13.1 Å². The largest absolute Gasteiger partial charge is 0.629 e. The van der Waals surface area contributed by atoms with Gasteiger partial charge < -0.3 is 9.31 Å². The Kier molecular flexibility index (Phi) is 4.58. The van der Waals surface area contributed by atoms with Crippen LogP contribution in [0, 0.1) is 0 Å². The van der Waals surface area contributed by atoms with E-state index in [4.69, 9.17) is 9.31 Å². The van der Waals surface area contributed by atoms with E-state index >= 15 is 0 Å². The van der Waals surface area contributed by atoms with Crippen molar-refractivity contribution in [2.45, 2.75) is 6.92 Å². The maximum absolute atomic E-state index is 11.6. The predicted octanol–water partition coefficient (Wildman–Crippen LogP) is 1.15. The van der Waals surface area contributed by atoms with Crippen molar-refractivity contribution < 1.29 is 18.9 Å². The van der Waals surface area contributed by atoms with Gasteiger partial charge in [-0.3, -0.25) is 14.5 Å². The molecule has 0 N–H and O–H groups in total. The lowest BCUT2D eigenvalue weighted by Gasteiger charge is -2.21. The fraction of sp³-hybridized carbons (Fsp3) is 0.286. The Morgan fingerprint density at radius 2 is 1.70 bits per heavy atom. The van der Waals surface area contributed by atoms with Gasteiger partial charge in [0.25, 0.3) is 0 Å². The zero-order valence-corrected chi connectivity index (χ0v) is 11.5. The highest BCUT2D eigenvalue weighted by atomic mass is 16.6. The maximum atomic E-state index is 11.6. The van der Waals surface area contributed by atoms with Gasteiger partial charge in [0.2, 0.25) is 0 Å². The summed E-state index contributed by atoms with van der Waals surface area (Å²) in [7, 11) is 0.692. The van der Waals surface area contributed by atoms with Gasteiger partial charge in [-0.15, -0.1) is 0 Å². The van der Waals surface area contributed by atoms with Crippen molar-refractivity contribution in [3.63, 3.8) is 0 Å². The molecule has 1 aliphatic heterocycles. The standard InChI is InChI=1S/C14H16BNO4/c1-11(12-6-4-3-5-7-12)8-15-19-13(17)9-16(2)10-14(18)20-15/h3-8H,9-10H2,1-2H3. The lowest BCUT2D eigenvalue weighted by atomic mass is 9.85. The molecule has 0 amide bonds. The van der Waals surface area contributed by atoms with Gasteiger partial charge in [-0.25, -0.2) is 0 Å². The Bertz CT molecular complexity index is 509. The number of hydrogen-bond donors (Lipinski definition) is 0. The van der Waals surface area contributed by atoms with Crippen LogP contribution >= 0.6 is 0 Å². The highest BCUT2D eigenvalue weighted by molar-refractivity contribution is 6.56. The molecule has 1 fully saturated rings. The van der Waals surface area contributed by atoms with Gasteiger partial charge in [0.1, 0.15) is 0 Å². The van der Waals surface area contributed by atoms with Gasteiger partial charge in [0, 0.05) is 0 Å². The normalized spacial score (nSPS) is 18.1. The van der Waals surface area contributed by atoms with Crippen molar-refractivity contribution in [2.24, 2.45) is 0 Å². The molecule has 1 heterocycles. The quantitative estimate of drug-likeness (QED) is 0.756. The molecule has 104 valence electrons. The third-order valence-electron chi connectivity index (χ3n) is 2.91. The Morgan fingerprint density at radius 3 is 2.25 bits per heavy atom. The van der Waals surface area contributed by atoms with Crippen LogP contribution in [0.15, 0.2) is 36.3 Å². The Hall–Kier alpha value is -2.08. The molecule has 0 saturated carbocycles. The number of carbonyl (C=O) groups is 2. The summed E-state index contributed by atoms with van der Waals surface area (Å²) in [5.41, 5.74) is 1.86. The molecule has 5 nitrogen and oxygen atoms in total. The molecule has 1 aliphatic rings. The van der Waals surface area contributed by atoms with E-state index in [1.807, 2.05) is 37.3 Å². The first kappa shape index (κ1) is 14.3. The molecule has 0 aliphatic carbocycles. The van der Waals surface area contributed by atoms with Gasteiger partial charge in [-0.2, -0.15) is 0 Å². The first-order valence-corrected chi connectivity index (χ1v) is 6.36. The van der Waals surface area contributed by atoms with Crippen LogP contribution in [0.2, 0.25) is 0 Å². The van der Waals surface area contributed by atoms with Crippen LogP contribution in [-0.2, 0) is 18.9 Å². The summed E-state index contributed by atoms with van der Waals surface area (Å²) in [4.78, 5) is 24.7. The number of rotatable bonds is 2. The molecular formula is C14H16BNO4. The topological polar surface area (TPSA) is 55.8 Å². The van der Waals surface area contributed by atoms with Crippen molar-refractivity contribution in [2.75, 3.05) is 20.1 Å². The molecule has 0 bridgehead atoms. The molecule has 2 rings (SSSR count). The maximum Gasteiger partial charge on any atom is 0.629 e. The Balaban J connectivity index is 2.14. The second-order valence-electron chi connectivity index (χ2n) is 4.74. The first-order valence-electron chi connectivity index (χ1n) is 6.36. The van der Waals surface area contributed by atoms with Crippen molar-refractivity contribution in [1.82, 2.24) is 4.90 Å². The number of likely N-dealkylation sites (N-methyl/N-ethyl adjacent to an activating group) is 1. The lowest BCUT2D eigenvalue weighted by Crippen LogP contribution is -2.41. The Labute approximate surface area is 118 Å². The number of nitrogens with zero attached hydrogens (tertiary/aromatic N) is 1. The zero-order valence-electron chi connectivity index (χ0n) is 11.5. The number of carbonyl (C=O) groups excluding carboxylic acids is 2. The molecule has 1 aromatic carbocycles. The summed E-state index contributed by atoms with van der Waals surface area (Å²) in [5, 5.41) is 0. The molecule has 0 aromatic heterocycles. The molecule has 6 heteroatoms. The third-order valence-corrected chi connectivity index (χ3v) is 2.91. The second kappa shape index (κ2) is 6.39. The SMILES string of the molecule is CC(=CB1OC(=O)CN(C)CC(=O)O1)c1ccccc1. The molecule has 1 aromatic rings. The number of allylic oxidation sites excluding steroid dienone is 1. The average Bonchev–Trinajstić information content (AvgIpc) is 2.37. The van der Waals surface area contributed by atoms with E-state index in [2.05, 4.69) is 0 Å². The van der Waals surface area contributed by atoms with E-state index in [1.165, 1.54) is 0 Å². The van der Waals surface area contributed by atoms with Crippen LogP contribution < -0.4 is 0 Å². The van der Waals surface area contributed by atoms with E-state index in [-0.39, 0.29) is 13.1 Å². The Morgan fingerprint density at radius 1 is 1.15 bits per heavy atom. The summed E-state index contributed by atoms with van der Waals surface area (Å²) < 4.78 is 10.2. The van der Waals surface area contributed by atoms with Crippen LogP contribution in [0.5, 0.6) is 0 Å². The molecule has 0 spiro atoms. The highest BCUT2D eigenvalue weighted by Gasteiger charge is 2.29. The van der Waals surface area contributed by atoms with Gasteiger partial charge in [0.15, 0.2) is 0 Å². The molecule has 1 saturated heterocycles. The number of benzene rings is 1. The average molecular weight is 273 g/mol. The predicted molar refractivity (Wildman–Crippen MR) is 75.5 cm³/mol. The zero-order chi connectivity index (χ0) is 14.5. The van der Waals surface area contributed by atoms with Crippen molar-refractivity contribution in [3.8, 4) is 0 Å². The van der Waals surface area contributed by atoms with E-state index in [9.17, 15) is 9.59 Å². The monoisotopic (exact) mass is 273 g/mol. The molecule has 0 radical (unpaired) electrons. The number of hydrogen-bond acceptors (Lipinski definition) is 5. The molecule has 20 heavy (non-hydrogen) atoms. The van der Waals surface area contributed by atoms with Crippen molar-refractivity contribution in [3.05, 3.63) is 41.9 Å². The minimum atomic E-state index is -0.969. The van der Waals surface area contributed by atoms with E-state index in [0.717, 1.165) is 11.1 Å². The van der Waals surface area contributed by atoms with Crippen LogP contribution in [0.4, 0.5) is 0 Å². The molecule has 0 unspecified atom stereocenters. The summed E-state index contributed by atoms with van der Waals surface area (Å²) >= 11 is 0. The molecule has 0 atom stereocenters. The fourth-order valence-corrected chi connectivity index (χ4v) is 1.92. The fourth-order valence-electron chi connectivity index (χ4n) is 1.92. The van der Waals surface area contributed by atoms with Gasteiger partial charge >= 0.3 is 19.1 Å². The van der Waals surface area contributed by atoms with Crippen LogP contribution in [0.25, 0.3) is 5.57 Å². The van der Waals surface area contributed by atoms with E-state index < -0.39 is 19.1 Å². The third kappa shape index (κ3) is 3.96. The van der Waals surface area contributed by atoms with Gasteiger partial charge in [-0.1, -0.05) is 30.3 Å². The minimum Gasteiger partial charge on any atom is -0.495 e. The minimum absolute atomic E-state index is 0.0732. The molecular weight excluding hydrogens is 257 g/mol. The summed E-state index contributed by atoms with van der Waals surface area (Å²) in [6.45, 7) is 2.02. The van der Waals surface area contributed by atoms with Gasteiger partial charge in [-0.05, 0) is 31.1 Å². The summed E-state index contributed by atoms with van der Waals surface area (Å²) in [5.74, 6) is 0.806. The smallest absolute Gasteiger partial charge is 0.495 e. The van der Waals surface area contributed by atoms with Crippen molar-refractivity contribution in [1.29, 1.82) is 0 Å². The van der Waals surface area contributed by atoms with E-state index in [1.54, 1.807) is 17.9 Å². The second-order valence-corrected chi connectivity index (χ2v) is 4.74. The van der Waals surface area contributed by atoms with Crippen LogP contribution in [0.1, 0.15) is 12.5 Å². The van der Waals surface area contributed by atoms with Crippen molar-refractivity contribution >= 4 is 24.6 Å². The van der Waals surface area contributed by atoms with Crippen LogP contribution in [-0.4, -0.2) is 44.1 Å².